The summed E-state index contributed by atoms with van der Waals surface area (Å²) in [4.78, 5) is 65.6. The van der Waals surface area contributed by atoms with E-state index in [9.17, 15) is 24.0 Å². The number of nitrogens with two attached hydrogens (primary N) is 1. The number of carboxylic acid groups (broad SMARTS) is 2. The number of aliphatic carboxylic acids is 2. The van der Waals surface area contributed by atoms with Crippen LogP contribution in [0.1, 0.15) is 18.5 Å². The molecule has 32 heavy (non-hydrogen) atoms. The predicted octanol–water partition coefficient (Wildman–Crippen LogP) is -3.39. The van der Waals surface area contributed by atoms with Crippen molar-refractivity contribution in [2.45, 2.75) is 43.4 Å². The molecule has 0 spiro atoms. The Balaban J connectivity index is 2.87. The maximum absolute atomic E-state index is 12.6. The Labute approximate surface area is 187 Å². The summed E-state index contributed by atoms with van der Waals surface area (Å²) in [5.74, 6) is -5.25. The van der Waals surface area contributed by atoms with Crippen molar-refractivity contribution in [1.29, 1.82) is 0 Å². The Hall–Kier alpha value is -3.17. The third-order valence-corrected chi connectivity index (χ3v) is 4.60. The van der Waals surface area contributed by atoms with E-state index in [4.69, 9.17) is 21.1 Å². The average molecular weight is 474 g/mol. The van der Waals surface area contributed by atoms with Gasteiger partial charge in [0.1, 0.15) is 18.1 Å². The maximum atomic E-state index is 12.6. The van der Waals surface area contributed by atoms with E-state index in [1.165, 1.54) is 12.5 Å². The molecule has 0 aliphatic carbocycles. The first-order valence-corrected chi connectivity index (χ1v) is 10.0. The number of aromatic nitrogens is 2. The largest absolute Gasteiger partial charge is 0.481 e. The number of rotatable bonds is 14. The van der Waals surface area contributed by atoms with Crippen molar-refractivity contribution >= 4 is 42.3 Å². The first-order chi connectivity index (χ1) is 15.1. The molecule has 178 valence electrons. The summed E-state index contributed by atoms with van der Waals surface area (Å²) in [6.45, 7) is -0.866. The topological polar surface area (TPSA) is 237 Å². The molecule has 1 rings (SSSR count). The van der Waals surface area contributed by atoms with E-state index in [1.807, 2.05) is 0 Å². The van der Waals surface area contributed by atoms with E-state index in [2.05, 4.69) is 38.5 Å². The number of carboxylic acids is 2. The number of carbonyl (C=O) groups is 5. The Kier molecular flexibility index (Phi) is 11.2. The number of nitrogens with zero attached hydrogens (tertiary/aromatic N) is 1. The molecule has 0 saturated carbocycles. The molecule has 0 aliphatic rings. The molecule has 0 fully saturated rings. The number of hydrogen-bond acceptors (Lipinski definition) is 9. The van der Waals surface area contributed by atoms with Gasteiger partial charge in [-0.25, -0.2) is 9.78 Å². The molecule has 14 nitrogen and oxygen atoms in total. The van der Waals surface area contributed by atoms with Gasteiger partial charge in [0.2, 0.25) is 17.7 Å². The second-order valence-corrected chi connectivity index (χ2v) is 7.07. The van der Waals surface area contributed by atoms with Crippen LogP contribution in [0.3, 0.4) is 0 Å². The van der Waals surface area contributed by atoms with Gasteiger partial charge in [-0.1, -0.05) is 0 Å². The summed E-state index contributed by atoms with van der Waals surface area (Å²) in [5.41, 5.74) is 6.07. The van der Waals surface area contributed by atoms with Gasteiger partial charge in [-0.2, -0.15) is 12.6 Å². The molecule has 9 N–H and O–H groups in total. The van der Waals surface area contributed by atoms with E-state index < -0.39 is 60.4 Å². The second kappa shape index (κ2) is 13.3. The molecule has 3 amide bonds. The van der Waals surface area contributed by atoms with Gasteiger partial charge in [-0.3, -0.25) is 19.2 Å². The van der Waals surface area contributed by atoms with E-state index >= 15 is 0 Å². The van der Waals surface area contributed by atoms with E-state index in [1.54, 1.807) is 0 Å². The Bertz CT molecular complexity index is 805. The van der Waals surface area contributed by atoms with Gasteiger partial charge in [-0.15, -0.1) is 0 Å². The number of aliphatic hydroxyl groups excluding tert-OH is 1. The summed E-state index contributed by atoms with van der Waals surface area (Å²) in [7, 11) is 0. The lowest BCUT2D eigenvalue weighted by atomic mass is 10.1. The molecule has 15 heteroatoms. The predicted molar refractivity (Wildman–Crippen MR) is 112 cm³/mol. The summed E-state index contributed by atoms with van der Waals surface area (Å²) in [6, 6.07) is -5.26. The number of imidazole rings is 1. The highest BCUT2D eigenvalue weighted by Crippen LogP contribution is 2.02. The lowest BCUT2D eigenvalue weighted by molar-refractivity contribution is -0.143. The summed E-state index contributed by atoms with van der Waals surface area (Å²) >= 11 is 4.01. The maximum Gasteiger partial charge on any atom is 0.328 e. The van der Waals surface area contributed by atoms with Crippen LogP contribution in [-0.2, 0) is 30.4 Å². The molecule has 0 saturated heterocycles. The SMILES string of the molecule is NC(CCC(=O)O)C(=O)NC(CS)C(=O)NC(Cc1cnc[nH]1)C(=O)NC(CO)C(=O)O. The molecule has 0 aliphatic heterocycles. The van der Waals surface area contributed by atoms with Crippen molar-refractivity contribution in [1.82, 2.24) is 25.9 Å². The molecular formula is C17H26N6O8S. The van der Waals surface area contributed by atoms with Crippen molar-refractivity contribution in [3.63, 3.8) is 0 Å². The van der Waals surface area contributed by atoms with Crippen LogP contribution >= 0.6 is 12.6 Å². The standard InChI is InChI=1S/C17H26N6O8S/c18-9(1-2-13(25)26)14(27)23-12(6-32)16(29)21-10(3-8-4-19-7-20-8)15(28)22-11(5-24)17(30)31/h4,7,9-12,24,32H,1-3,5-6,18H2,(H,19,20)(H,21,29)(H,22,28)(H,23,27)(H,25,26)(H,30,31). The molecule has 1 heterocycles. The monoisotopic (exact) mass is 474 g/mol. The highest BCUT2D eigenvalue weighted by atomic mass is 32.1. The normalized spacial score (nSPS) is 14.5. The summed E-state index contributed by atoms with van der Waals surface area (Å²) in [6.07, 6.45) is 2.15. The van der Waals surface area contributed by atoms with Crippen LogP contribution in [0.2, 0.25) is 0 Å². The Morgan fingerprint density at radius 3 is 2.12 bits per heavy atom. The minimum absolute atomic E-state index is 0.0965. The molecular weight excluding hydrogens is 448 g/mol. The average Bonchev–Trinajstić information content (AvgIpc) is 3.25. The van der Waals surface area contributed by atoms with Crippen molar-refractivity contribution in [2.75, 3.05) is 12.4 Å². The first kappa shape index (κ1) is 26.9. The molecule has 0 bridgehead atoms. The third-order valence-electron chi connectivity index (χ3n) is 4.23. The number of amides is 3. The minimum atomic E-state index is -1.59. The second-order valence-electron chi connectivity index (χ2n) is 6.71. The summed E-state index contributed by atoms with van der Waals surface area (Å²) < 4.78 is 0. The molecule has 1 aromatic heterocycles. The summed E-state index contributed by atoms with van der Waals surface area (Å²) in [5, 5.41) is 33.6. The Morgan fingerprint density at radius 2 is 1.62 bits per heavy atom. The molecule has 4 unspecified atom stereocenters. The van der Waals surface area contributed by atoms with E-state index in [0.29, 0.717) is 5.69 Å². The fraction of sp³-hybridized carbons (Fsp3) is 0.529. The number of carbonyl (C=O) groups excluding carboxylic acids is 3. The van der Waals surface area contributed by atoms with Gasteiger partial charge in [0.05, 0.1) is 19.0 Å². The van der Waals surface area contributed by atoms with Gasteiger partial charge >= 0.3 is 11.9 Å². The zero-order chi connectivity index (χ0) is 24.3. The molecule has 4 atom stereocenters. The fourth-order valence-electron chi connectivity index (χ4n) is 2.44. The van der Waals surface area contributed by atoms with Gasteiger partial charge in [0, 0.05) is 30.5 Å². The van der Waals surface area contributed by atoms with Crippen LogP contribution in [0, 0.1) is 0 Å². The number of aliphatic hydroxyl groups is 1. The number of hydrogen-bond donors (Lipinski definition) is 9. The highest BCUT2D eigenvalue weighted by molar-refractivity contribution is 7.80. The number of nitrogens with one attached hydrogen (secondary N) is 4. The van der Waals surface area contributed by atoms with Crippen LogP contribution in [0.4, 0.5) is 0 Å². The van der Waals surface area contributed by atoms with Crippen molar-refractivity contribution in [3.8, 4) is 0 Å². The van der Waals surface area contributed by atoms with Crippen molar-refractivity contribution in [2.24, 2.45) is 5.73 Å². The first-order valence-electron chi connectivity index (χ1n) is 9.39. The van der Waals surface area contributed by atoms with Gasteiger partial charge in [-0.05, 0) is 6.42 Å². The van der Waals surface area contributed by atoms with Gasteiger partial charge in [0.25, 0.3) is 0 Å². The van der Waals surface area contributed by atoms with Crippen LogP contribution in [0.5, 0.6) is 0 Å². The van der Waals surface area contributed by atoms with Crippen LogP contribution in [0.25, 0.3) is 0 Å². The smallest absolute Gasteiger partial charge is 0.328 e. The fourth-order valence-corrected chi connectivity index (χ4v) is 2.70. The number of thiol groups is 1. The minimum Gasteiger partial charge on any atom is -0.481 e. The molecule has 0 radical (unpaired) electrons. The lowest BCUT2D eigenvalue weighted by Crippen LogP contribution is -2.58. The number of H-pyrrole nitrogens is 1. The zero-order valence-electron chi connectivity index (χ0n) is 16.9. The molecule has 0 aromatic carbocycles. The quantitative estimate of drug-likeness (QED) is 0.121. The van der Waals surface area contributed by atoms with E-state index in [-0.39, 0.29) is 25.0 Å². The van der Waals surface area contributed by atoms with Crippen LogP contribution in [-0.4, -0.2) is 91.5 Å². The molecule has 1 aromatic rings. The third kappa shape index (κ3) is 8.91. The van der Waals surface area contributed by atoms with Crippen LogP contribution in [0.15, 0.2) is 12.5 Å². The van der Waals surface area contributed by atoms with Gasteiger partial charge in [0.15, 0.2) is 0 Å². The van der Waals surface area contributed by atoms with Crippen molar-refractivity contribution < 1.29 is 39.3 Å². The lowest BCUT2D eigenvalue weighted by Gasteiger charge is -2.24. The van der Waals surface area contributed by atoms with Crippen molar-refractivity contribution in [3.05, 3.63) is 18.2 Å². The zero-order valence-corrected chi connectivity index (χ0v) is 17.7. The van der Waals surface area contributed by atoms with Crippen LogP contribution < -0.4 is 21.7 Å². The highest BCUT2D eigenvalue weighted by Gasteiger charge is 2.30. The van der Waals surface area contributed by atoms with Gasteiger partial charge < -0.3 is 42.0 Å². The Morgan fingerprint density at radius 1 is 1.03 bits per heavy atom. The number of aromatic amines is 1. The van der Waals surface area contributed by atoms with E-state index in [0.717, 1.165) is 0 Å².